The maximum Gasteiger partial charge on any atom is 0.164 e. The highest BCUT2D eigenvalue weighted by molar-refractivity contribution is 6.33. The molecule has 1 aliphatic heterocycles. The van der Waals surface area contributed by atoms with Crippen LogP contribution in [-0.4, -0.2) is 54.3 Å². The van der Waals surface area contributed by atoms with Gasteiger partial charge in [0.25, 0.3) is 0 Å². The van der Waals surface area contributed by atoms with Gasteiger partial charge in [0.05, 0.1) is 12.0 Å². The Morgan fingerprint density at radius 1 is 1.50 bits per heavy atom. The van der Waals surface area contributed by atoms with E-state index in [0.29, 0.717) is 16.2 Å². The molecule has 4 atom stereocenters. The molecular formula is C12H14ClN3O4. The fraction of sp³-hybridized carbons (Fsp3) is 0.500. The summed E-state index contributed by atoms with van der Waals surface area (Å²) in [5.41, 5.74) is -1.06. The summed E-state index contributed by atoms with van der Waals surface area (Å²) in [6.07, 6.45) is 0.0194. The zero-order valence-electron chi connectivity index (χ0n) is 10.6. The third-order valence-corrected chi connectivity index (χ3v) is 4.03. The molecule has 1 aliphatic rings. The van der Waals surface area contributed by atoms with Crippen molar-refractivity contribution >= 4 is 22.6 Å². The number of halogens is 1. The lowest BCUT2D eigenvalue weighted by Gasteiger charge is -2.25. The molecule has 108 valence electrons. The minimum Gasteiger partial charge on any atom is -0.394 e. The molecule has 3 rings (SSSR count). The molecule has 3 heterocycles. The molecule has 0 unspecified atom stereocenters. The Hall–Kier alpha value is -1.25. The first-order chi connectivity index (χ1) is 9.46. The van der Waals surface area contributed by atoms with E-state index in [9.17, 15) is 15.3 Å². The first-order valence-corrected chi connectivity index (χ1v) is 6.48. The summed E-state index contributed by atoms with van der Waals surface area (Å²) in [6, 6.07) is 1.70. The van der Waals surface area contributed by atoms with Gasteiger partial charge in [-0.15, -0.1) is 0 Å². The van der Waals surface area contributed by atoms with Crippen molar-refractivity contribution in [2.24, 2.45) is 0 Å². The predicted molar refractivity (Wildman–Crippen MR) is 70.2 cm³/mol. The van der Waals surface area contributed by atoms with Gasteiger partial charge in [0.1, 0.15) is 34.9 Å². The number of nitrogens with zero attached hydrogens (tertiary/aromatic N) is 3. The smallest absolute Gasteiger partial charge is 0.164 e. The first kappa shape index (κ1) is 13.7. The van der Waals surface area contributed by atoms with Crippen LogP contribution >= 0.6 is 11.6 Å². The lowest BCUT2D eigenvalue weighted by Crippen LogP contribution is -2.46. The standard InChI is InChI=1S/C12H14ClN3O4/c1-12(19)7(4-17)20-11(8(12)18)16-3-2-6-9(13)14-5-15-10(6)16/h2-3,5,7-8,11,17-19H,4H2,1H3/t7-,8+,11-,12-/m1/s1. The van der Waals surface area contributed by atoms with E-state index in [2.05, 4.69) is 9.97 Å². The predicted octanol–water partition coefficient (Wildman–Crippen LogP) is 0.0863. The van der Waals surface area contributed by atoms with Crippen molar-refractivity contribution in [1.82, 2.24) is 14.5 Å². The molecule has 2 aromatic heterocycles. The molecule has 7 nitrogen and oxygen atoms in total. The molecular weight excluding hydrogens is 286 g/mol. The van der Waals surface area contributed by atoms with E-state index in [1.165, 1.54) is 13.3 Å². The monoisotopic (exact) mass is 299 g/mol. The third kappa shape index (κ3) is 1.82. The number of aromatic nitrogens is 3. The number of fused-ring (bicyclic) bond motifs is 1. The Kier molecular flexibility index (Phi) is 3.19. The van der Waals surface area contributed by atoms with Gasteiger partial charge in [-0.25, -0.2) is 9.97 Å². The van der Waals surface area contributed by atoms with Crippen LogP contribution in [0.25, 0.3) is 11.0 Å². The van der Waals surface area contributed by atoms with Crippen LogP contribution in [0.2, 0.25) is 5.15 Å². The molecule has 0 saturated carbocycles. The molecule has 20 heavy (non-hydrogen) atoms. The van der Waals surface area contributed by atoms with Crippen molar-refractivity contribution in [3.05, 3.63) is 23.7 Å². The van der Waals surface area contributed by atoms with Crippen molar-refractivity contribution in [3.63, 3.8) is 0 Å². The van der Waals surface area contributed by atoms with Gasteiger partial charge in [-0.05, 0) is 13.0 Å². The Morgan fingerprint density at radius 3 is 2.90 bits per heavy atom. The quantitative estimate of drug-likeness (QED) is 0.679. The number of ether oxygens (including phenoxy) is 1. The number of hydrogen-bond acceptors (Lipinski definition) is 6. The van der Waals surface area contributed by atoms with E-state index in [1.54, 1.807) is 16.8 Å². The topological polar surface area (TPSA) is 101 Å². The van der Waals surface area contributed by atoms with Gasteiger partial charge in [0, 0.05) is 6.20 Å². The summed E-state index contributed by atoms with van der Waals surface area (Å²) in [6.45, 7) is 1.03. The second-order valence-electron chi connectivity index (χ2n) is 4.99. The van der Waals surface area contributed by atoms with Gasteiger partial charge in [-0.3, -0.25) is 0 Å². The fourth-order valence-corrected chi connectivity index (χ4v) is 2.64. The lowest BCUT2D eigenvalue weighted by molar-refractivity contribution is -0.0804. The Bertz CT molecular complexity index is 645. The molecule has 0 radical (unpaired) electrons. The number of hydrogen-bond donors (Lipinski definition) is 3. The third-order valence-electron chi connectivity index (χ3n) is 3.73. The van der Waals surface area contributed by atoms with E-state index in [1.807, 2.05) is 0 Å². The van der Waals surface area contributed by atoms with Crippen molar-refractivity contribution in [1.29, 1.82) is 0 Å². The van der Waals surface area contributed by atoms with Crippen LogP contribution in [0.4, 0.5) is 0 Å². The molecule has 1 fully saturated rings. The van der Waals surface area contributed by atoms with E-state index >= 15 is 0 Å². The Balaban J connectivity index is 2.06. The van der Waals surface area contributed by atoms with Crippen LogP contribution in [0.15, 0.2) is 18.6 Å². The van der Waals surface area contributed by atoms with Crippen LogP contribution < -0.4 is 0 Å². The number of aliphatic hydroxyl groups excluding tert-OH is 2. The highest BCUT2D eigenvalue weighted by Gasteiger charge is 2.52. The van der Waals surface area contributed by atoms with Crippen LogP contribution in [0.3, 0.4) is 0 Å². The summed E-state index contributed by atoms with van der Waals surface area (Å²) in [5.74, 6) is 0. The van der Waals surface area contributed by atoms with E-state index < -0.39 is 30.6 Å². The van der Waals surface area contributed by atoms with Crippen molar-refractivity contribution in [3.8, 4) is 0 Å². The maximum absolute atomic E-state index is 10.2. The van der Waals surface area contributed by atoms with Gasteiger partial charge >= 0.3 is 0 Å². The van der Waals surface area contributed by atoms with Gasteiger partial charge in [-0.2, -0.15) is 0 Å². The largest absolute Gasteiger partial charge is 0.394 e. The fourth-order valence-electron chi connectivity index (χ4n) is 2.45. The maximum atomic E-state index is 10.2. The second kappa shape index (κ2) is 4.64. The van der Waals surface area contributed by atoms with Gasteiger partial charge in [0.2, 0.25) is 0 Å². The SMILES string of the molecule is C[C@@]1(O)[C@@H](CO)O[C@@H](n2ccc3c(Cl)ncnc32)[C@@H]1O. The van der Waals surface area contributed by atoms with Crippen LogP contribution in [-0.2, 0) is 4.74 Å². The number of rotatable bonds is 2. The zero-order chi connectivity index (χ0) is 14.5. The molecule has 2 aromatic rings. The van der Waals surface area contributed by atoms with Gasteiger partial charge in [-0.1, -0.05) is 11.6 Å². The molecule has 3 N–H and O–H groups in total. The van der Waals surface area contributed by atoms with Gasteiger partial charge < -0.3 is 24.6 Å². The van der Waals surface area contributed by atoms with Crippen LogP contribution in [0.1, 0.15) is 13.2 Å². The summed E-state index contributed by atoms with van der Waals surface area (Å²) < 4.78 is 7.11. The molecule has 0 spiro atoms. The van der Waals surface area contributed by atoms with Crippen LogP contribution in [0, 0.1) is 0 Å². The minimum absolute atomic E-state index is 0.298. The average molecular weight is 300 g/mol. The second-order valence-corrected chi connectivity index (χ2v) is 5.35. The van der Waals surface area contributed by atoms with Crippen LogP contribution in [0.5, 0.6) is 0 Å². The summed E-state index contributed by atoms with van der Waals surface area (Å²) in [5, 5.41) is 30.6. The highest BCUT2D eigenvalue weighted by atomic mass is 35.5. The molecule has 0 aromatic carbocycles. The summed E-state index contributed by atoms with van der Waals surface area (Å²) in [7, 11) is 0. The lowest BCUT2D eigenvalue weighted by atomic mass is 9.95. The Morgan fingerprint density at radius 2 is 2.25 bits per heavy atom. The molecule has 0 amide bonds. The van der Waals surface area contributed by atoms with Crippen molar-refractivity contribution in [2.75, 3.05) is 6.61 Å². The summed E-state index contributed by atoms with van der Waals surface area (Å²) >= 11 is 5.97. The van der Waals surface area contributed by atoms with E-state index in [0.717, 1.165) is 0 Å². The molecule has 8 heteroatoms. The molecule has 1 saturated heterocycles. The number of aliphatic hydroxyl groups is 3. The molecule has 0 bridgehead atoms. The normalized spacial score (nSPS) is 34.0. The highest BCUT2D eigenvalue weighted by Crippen LogP contribution is 2.38. The molecule has 0 aliphatic carbocycles. The van der Waals surface area contributed by atoms with Crippen molar-refractivity contribution in [2.45, 2.75) is 31.0 Å². The minimum atomic E-state index is -1.55. The Labute approximate surface area is 119 Å². The van der Waals surface area contributed by atoms with E-state index in [-0.39, 0.29) is 0 Å². The van der Waals surface area contributed by atoms with Gasteiger partial charge in [0.15, 0.2) is 6.23 Å². The van der Waals surface area contributed by atoms with E-state index in [4.69, 9.17) is 16.3 Å². The summed E-state index contributed by atoms with van der Waals surface area (Å²) in [4.78, 5) is 7.99. The first-order valence-electron chi connectivity index (χ1n) is 6.10. The zero-order valence-corrected chi connectivity index (χ0v) is 11.4. The van der Waals surface area contributed by atoms with Crippen molar-refractivity contribution < 1.29 is 20.1 Å². The average Bonchev–Trinajstić information content (AvgIpc) is 2.92.